The molecule has 29 heavy (non-hydrogen) atoms. The van der Waals surface area contributed by atoms with Crippen LogP contribution in [0.1, 0.15) is 16.1 Å². The van der Waals surface area contributed by atoms with E-state index >= 15 is 0 Å². The van der Waals surface area contributed by atoms with Crippen LogP contribution >= 0.6 is 0 Å². The predicted octanol–water partition coefficient (Wildman–Crippen LogP) is 0.00770. The Labute approximate surface area is 165 Å². The van der Waals surface area contributed by atoms with Gasteiger partial charge < -0.3 is 5.32 Å². The standard InChI is InChI=1S/C20H16N6O3/c21-18(22)12-2-1-11-8-16(23-9-13(11)7-12)19(28)24-14-3-5-15(6-4-14)26-10-17(27)25-20(26)29/h1-9H,10H2,(H3,21,22)(H,24,28)(H,25,27,29)/p+1. The van der Waals surface area contributed by atoms with Crippen molar-refractivity contribution in [1.82, 2.24) is 10.3 Å². The maximum absolute atomic E-state index is 12.5. The van der Waals surface area contributed by atoms with Gasteiger partial charge in [0.2, 0.25) is 5.91 Å². The first-order valence-electron chi connectivity index (χ1n) is 8.71. The van der Waals surface area contributed by atoms with Crippen molar-refractivity contribution in [3.63, 3.8) is 0 Å². The summed E-state index contributed by atoms with van der Waals surface area (Å²) in [7, 11) is 0. The first kappa shape index (κ1) is 18.1. The molecule has 2 heterocycles. The van der Waals surface area contributed by atoms with Crippen molar-refractivity contribution in [1.29, 1.82) is 0 Å². The summed E-state index contributed by atoms with van der Waals surface area (Å²) >= 11 is 0. The van der Waals surface area contributed by atoms with E-state index in [9.17, 15) is 14.4 Å². The van der Waals surface area contributed by atoms with Gasteiger partial charge in [-0.05, 0) is 47.9 Å². The molecule has 1 aliphatic rings. The summed E-state index contributed by atoms with van der Waals surface area (Å²) in [5.41, 5.74) is 7.65. The van der Waals surface area contributed by atoms with E-state index in [1.807, 2.05) is 6.07 Å². The molecular formula is C20H17N6O3+. The maximum atomic E-state index is 12.5. The summed E-state index contributed by atoms with van der Waals surface area (Å²) in [4.78, 5) is 41.1. The molecule has 1 fully saturated rings. The zero-order valence-electron chi connectivity index (χ0n) is 15.2. The average Bonchev–Trinajstić information content (AvgIpc) is 3.05. The highest BCUT2D eigenvalue weighted by atomic mass is 16.2. The van der Waals surface area contributed by atoms with Crippen LogP contribution in [0.5, 0.6) is 0 Å². The monoisotopic (exact) mass is 389 g/mol. The predicted molar refractivity (Wildman–Crippen MR) is 107 cm³/mol. The highest BCUT2D eigenvalue weighted by Crippen LogP contribution is 2.21. The number of imide groups is 1. The molecular weight excluding hydrogens is 372 g/mol. The number of hydrogen-bond acceptors (Lipinski definition) is 4. The van der Waals surface area contributed by atoms with Crippen LogP contribution in [0.4, 0.5) is 16.2 Å². The summed E-state index contributed by atoms with van der Waals surface area (Å²) in [6.45, 7) is -0.0270. The number of pyridine rings is 1. The van der Waals surface area contributed by atoms with Crippen molar-refractivity contribution in [3.05, 3.63) is 66.0 Å². The van der Waals surface area contributed by atoms with E-state index in [0.29, 0.717) is 16.9 Å². The Morgan fingerprint density at radius 2 is 1.86 bits per heavy atom. The third-order valence-corrected chi connectivity index (χ3v) is 4.52. The van der Waals surface area contributed by atoms with Crippen molar-refractivity contribution >= 4 is 45.8 Å². The SMILES string of the molecule is NC(=[NH2+])c1ccc2cc(C(=O)Nc3ccc(N4CC(=O)NC4=O)cc3)ncc2c1. The Bertz CT molecular complexity index is 1170. The molecule has 9 heteroatoms. The van der Waals surface area contributed by atoms with E-state index in [1.165, 1.54) is 4.90 Å². The number of amides is 4. The molecule has 9 nitrogen and oxygen atoms in total. The third kappa shape index (κ3) is 3.61. The molecule has 0 radical (unpaired) electrons. The number of carbonyl (C=O) groups excluding carboxylic acids is 3. The number of urea groups is 1. The molecule has 4 rings (SSSR count). The largest absolute Gasteiger partial charge is 0.329 e. The number of benzene rings is 2. The second-order valence-corrected chi connectivity index (χ2v) is 6.53. The number of anilines is 2. The van der Waals surface area contributed by atoms with Crippen LogP contribution in [0.25, 0.3) is 10.8 Å². The van der Waals surface area contributed by atoms with Gasteiger partial charge in [-0.25, -0.2) is 4.79 Å². The van der Waals surface area contributed by atoms with E-state index < -0.39 is 6.03 Å². The van der Waals surface area contributed by atoms with Gasteiger partial charge >= 0.3 is 6.03 Å². The van der Waals surface area contributed by atoms with Gasteiger partial charge in [0.1, 0.15) is 12.2 Å². The van der Waals surface area contributed by atoms with Crippen LogP contribution in [0, 0.1) is 0 Å². The van der Waals surface area contributed by atoms with E-state index in [2.05, 4.69) is 15.6 Å². The summed E-state index contributed by atoms with van der Waals surface area (Å²) in [5.74, 6) is -0.510. The zero-order chi connectivity index (χ0) is 20.5. The normalized spacial score (nSPS) is 13.4. The molecule has 0 saturated carbocycles. The lowest BCUT2D eigenvalue weighted by Gasteiger charge is -2.13. The molecule has 0 unspecified atom stereocenters. The molecule has 0 atom stereocenters. The number of amidine groups is 1. The first-order chi connectivity index (χ1) is 13.9. The molecule has 0 spiro atoms. The van der Waals surface area contributed by atoms with Gasteiger partial charge in [0.25, 0.3) is 11.7 Å². The van der Waals surface area contributed by atoms with Crippen LogP contribution in [-0.4, -0.2) is 35.2 Å². The van der Waals surface area contributed by atoms with E-state index in [1.54, 1.807) is 48.7 Å². The van der Waals surface area contributed by atoms with Crippen molar-refractivity contribution < 1.29 is 19.8 Å². The van der Waals surface area contributed by atoms with Crippen molar-refractivity contribution in [2.75, 3.05) is 16.8 Å². The minimum absolute atomic E-state index is 0.0270. The molecule has 2 aromatic carbocycles. The molecule has 3 aromatic rings. The lowest BCUT2D eigenvalue weighted by Crippen LogP contribution is -2.46. The minimum atomic E-state index is -0.468. The number of fused-ring (bicyclic) bond motifs is 1. The van der Waals surface area contributed by atoms with Crippen molar-refractivity contribution in [3.8, 4) is 0 Å². The number of aromatic nitrogens is 1. The Hall–Kier alpha value is -4.27. The van der Waals surface area contributed by atoms with E-state index in [4.69, 9.17) is 11.1 Å². The fourth-order valence-electron chi connectivity index (χ4n) is 3.02. The molecule has 1 saturated heterocycles. The maximum Gasteiger partial charge on any atom is 0.329 e. The number of rotatable bonds is 4. The molecule has 1 aromatic heterocycles. The van der Waals surface area contributed by atoms with Gasteiger partial charge in [0.15, 0.2) is 0 Å². The van der Waals surface area contributed by atoms with Gasteiger partial charge in [-0.2, -0.15) is 0 Å². The van der Waals surface area contributed by atoms with Gasteiger partial charge in [-0.1, -0.05) is 6.07 Å². The summed E-state index contributed by atoms with van der Waals surface area (Å²) in [5, 5.41) is 12.2. The molecule has 0 aliphatic carbocycles. The fraction of sp³-hybridized carbons (Fsp3) is 0.0500. The summed E-state index contributed by atoms with van der Waals surface area (Å²) < 4.78 is 0. The molecule has 0 bridgehead atoms. The lowest BCUT2D eigenvalue weighted by molar-refractivity contribution is -0.117. The summed E-state index contributed by atoms with van der Waals surface area (Å²) in [6, 6.07) is 13.2. The van der Waals surface area contributed by atoms with Crippen molar-refractivity contribution in [2.24, 2.45) is 5.73 Å². The topological polar surface area (TPSA) is 143 Å². The molecule has 1 aliphatic heterocycles. The minimum Gasteiger partial charge on any atom is -0.321 e. The molecule has 6 N–H and O–H groups in total. The lowest BCUT2D eigenvalue weighted by atomic mass is 10.1. The Morgan fingerprint density at radius 3 is 2.52 bits per heavy atom. The number of nitrogens with zero attached hydrogens (tertiary/aromatic N) is 2. The first-order valence-corrected chi connectivity index (χ1v) is 8.71. The van der Waals surface area contributed by atoms with Gasteiger partial charge in [-0.3, -0.25) is 35.9 Å². The Balaban J connectivity index is 1.50. The van der Waals surface area contributed by atoms with Gasteiger partial charge in [0, 0.05) is 23.0 Å². The number of nitrogens with two attached hydrogens (primary N) is 2. The zero-order valence-corrected chi connectivity index (χ0v) is 15.2. The number of carbonyl (C=O) groups is 3. The molecule has 4 amide bonds. The number of nitrogens with one attached hydrogen (secondary N) is 2. The summed E-state index contributed by atoms with van der Waals surface area (Å²) in [6.07, 6.45) is 1.59. The van der Waals surface area contributed by atoms with Crippen LogP contribution in [-0.2, 0) is 4.79 Å². The van der Waals surface area contributed by atoms with Crippen LogP contribution in [0.15, 0.2) is 54.7 Å². The van der Waals surface area contributed by atoms with E-state index in [-0.39, 0.29) is 29.9 Å². The Morgan fingerprint density at radius 1 is 1.10 bits per heavy atom. The second-order valence-electron chi connectivity index (χ2n) is 6.53. The van der Waals surface area contributed by atoms with Gasteiger partial charge in [-0.15, -0.1) is 0 Å². The Kier molecular flexibility index (Phi) is 4.40. The molecule has 144 valence electrons. The second kappa shape index (κ2) is 7.04. The van der Waals surface area contributed by atoms with Crippen LogP contribution in [0.3, 0.4) is 0 Å². The van der Waals surface area contributed by atoms with Crippen LogP contribution < -0.4 is 26.7 Å². The number of hydrogen-bond donors (Lipinski definition) is 4. The van der Waals surface area contributed by atoms with Crippen molar-refractivity contribution in [2.45, 2.75) is 0 Å². The smallest absolute Gasteiger partial charge is 0.321 e. The fourth-order valence-corrected chi connectivity index (χ4v) is 3.02. The highest BCUT2D eigenvalue weighted by Gasteiger charge is 2.27. The average molecular weight is 389 g/mol. The van der Waals surface area contributed by atoms with Gasteiger partial charge in [0.05, 0.1) is 5.56 Å². The van der Waals surface area contributed by atoms with Crippen LogP contribution in [0.2, 0.25) is 0 Å². The highest BCUT2D eigenvalue weighted by molar-refractivity contribution is 6.12. The quantitative estimate of drug-likeness (QED) is 0.282. The van der Waals surface area contributed by atoms with E-state index in [0.717, 1.165) is 10.8 Å². The third-order valence-electron chi connectivity index (χ3n) is 4.52.